The molecule has 4 rings (SSSR count). The summed E-state index contributed by atoms with van der Waals surface area (Å²) >= 11 is 0. The Morgan fingerprint density at radius 2 is 1.94 bits per heavy atom. The van der Waals surface area contributed by atoms with Gasteiger partial charge < -0.3 is 16.0 Å². The van der Waals surface area contributed by atoms with Crippen molar-refractivity contribution in [2.24, 2.45) is 0 Å². The number of aryl methyl sites for hydroxylation is 1. The van der Waals surface area contributed by atoms with Gasteiger partial charge in [0.1, 0.15) is 23.0 Å². The van der Waals surface area contributed by atoms with Crippen molar-refractivity contribution in [1.29, 1.82) is 0 Å². The number of carbonyl (C=O) groups excluding carboxylic acids is 1. The number of nitrogens with one attached hydrogen (secondary N) is 3. The van der Waals surface area contributed by atoms with Gasteiger partial charge in [-0.25, -0.2) is 23.4 Å². The van der Waals surface area contributed by atoms with Gasteiger partial charge in [-0.15, -0.1) is 0 Å². The standard InChI is InChI=1S/C21H21F3N8O3S/c1-11-27-13(8-16(28-11)32(2)36(3,34)35)9-25-19-14(21(22,23)24)10-26-20(31-19)29-15-6-4-5-12-7-17(33)30-18(12)15/h4-6,8,10H,7,9H2,1-3H3,(H,30,33)(H2,25,26,29,31). The molecule has 0 atom stereocenters. The van der Waals surface area contributed by atoms with E-state index >= 15 is 0 Å². The molecular weight excluding hydrogens is 501 g/mol. The van der Waals surface area contributed by atoms with Crippen LogP contribution in [0.1, 0.15) is 22.6 Å². The Hall–Kier alpha value is -4.01. The molecule has 15 heteroatoms. The Morgan fingerprint density at radius 3 is 2.64 bits per heavy atom. The van der Waals surface area contributed by atoms with E-state index in [2.05, 4.69) is 35.9 Å². The second-order valence-corrected chi connectivity index (χ2v) is 10.0. The number of aromatic nitrogens is 4. The molecule has 190 valence electrons. The van der Waals surface area contributed by atoms with Crippen molar-refractivity contribution in [1.82, 2.24) is 19.9 Å². The number of para-hydroxylation sites is 1. The normalized spacial score (nSPS) is 13.2. The molecule has 3 aromatic rings. The van der Waals surface area contributed by atoms with E-state index in [-0.39, 0.29) is 42.2 Å². The maximum atomic E-state index is 13.6. The number of carbonyl (C=O) groups is 1. The van der Waals surface area contributed by atoms with Gasteiger partial charge in [0.25, 0.3) is 0 Å². The lowest BCUT2D eigenvalue weighted by atomic mass is 10.1. The summed E-state index contributed by atoms with van der Waals surface area (Å²) in [4.78, 5) is 27.7. The van der Waals surface area contributed by atoms with Gasteiger partial charge in [0.05, 0.1) is 36.3 Å². The maximum absolute atomic E-state index is 13.6. The van der Waals surface area contributed by atoms with Crippen LogP contribution in [0.25, 0.3) is 0 Å². The van der Waals surface area contributed by atoms with Gasteiger partial charge in [0.2, 0.25) is 21.9 Å². The summed E-state index contributed by atoms with van der Waals surface area (Å²) in [7, 11) is -2.30. The first-order valence-corrected chi connectivity index (χ1v) is 12.3. The van der Waals surface area contributed by atoms with Crippen LogP contribution < -0.4 is 20.3 Å². The van der Waals surface area contributed by atoms with Gasteiger partial charge >= 0.3 is 6.18 Å². The van der Waals surface area contributed by atoms with Gasteiger partial charge in [-0.2, -0.15) is 18.2 Å². The molecule has 0 spiro atoms. The third-order valence-electron chi connectivity index (χ3n) is 5.24. The van der Waals surface area contributed by atoms with Crippen LogP contribution >= 0.6 is 0 Å². The third-order valence-corrected chi connectivity index (χ3v) is 6.42. The number of benzene rings is 1. The summed E-state index contributed by atoms with van der Waals surface area (Å²) in [5, 5.41) is 8.16. The molecule has 0 aliphatic carbocycles. The zero-order chi connectivity index (χ0) is 26.3. The molecule has 1 aliphatic rings. The summed E-state index contributed by atoms with van der Waals surface area (Å²) < 4.78 is 65.5. The molecule has 0 saturated heterocycles. The van der Waals surface area contributed by atoms with Gasteiger partial charge in [0, 0.05) is 19.3 Å². The Kier molecular flexibility index (Phi) is 6.43. The first kappa shape index (κ1) is 25.1. The molecule has 0 unspecified atom stereocenters. The molecule has 36 heavy (non-hydrogen) atoms. The van der Waals surface area contributed by atoms with Crippen LogP contribution in [0, 0.1) is 6.92 Å². The molecular formula is C21H21F3N8O3S. The SMILES string of the molecule is Cc1nc(CNc2nc(Nc3cccc4c3NC(=O)C4)ncc2C(F)(F)F)cc(N(C)S(C)(=O)=O)n1. The van der Waals surface area contributed by atoms with Crippen molar-refractivity contribution in [3.63, 3.8) is 0 Å². The number of sulfonamides is 1. The van der Waals surface area contributed by atoms with E-state index in [1.165, 1.54) is 20.0 Å². The van der Waals surface area contributed by atoms with Crippen LogP contribution in [0.2, 0.25) is 0 Å². The number of anilines is 5. The van der Waals surface area contributed by atoms with Gasteiger partial charge in [-0.05, 0) is 18.6 Å². The zero-order valence-corrected chi connectivity index (χ0v) is 20.1. The Bertz CT molecular complexity index is 1450. The predicted octanol–water partition coefficient (Wildman–Crippen LogP) is 2.84. The molecule has 0 radical (unpaired) electrons. The Morgan fingerprint density at radius 1 is 1.19 bits per heavy atom. The summed E-state index contributed by atoms with van der Waals surface area (Å²) in [5.41, 5.74) is 0.837. The fourth-order valence-electron chi connectivity index (χ4n) is 3.47. The predicted molar refractivity (Wildman–Crippen MR) is 126 cm³/mol. The fraction of sp³-hybridized carbons (Fsp3) is 0.286. The molecule has 1 aromatic carbocycles. The van der Waals surface area contributed by atoms with E-state index < -0.39 is 27.6 Å². The maximum Gasteiger partial charge on any atom is 0.421 e. The van der Waals surface area contributed by atoms with E-state index in [0.29, 0.717) is 17.6 Å². The molecule has 1 amide bonds. The lowest BCUT2D eigenvalue weighted by Crippen LogP contribution is -2.26. The molecule has 0 fully saturated rings. The van der Waals surface area contributed by atoms with E-state index in [9.17, 15) is 26.4 Å². The molecule has 2 aromatic heterocycles. The molecule has 11 nitrogen and oxygen atoms in total. The van der Waals surface area contributed by atoms with E-state index in [4.69, 9.17) is 0 Å². The number of rotatable bonds is 7. The number of amides is 1. The minimum Gasteiger partial charge on any atom is -0.364 e. The lowest BCUT2D eigenvalue weighted by Gasteiger charge is -2.18. The second kappa shape index (κ2) is 9.22. The highest BCUT2D eigenvalue weighted by Gasteiger charge is 2.35. The summed E-state index contributed by atoms with van der Waals surface area (Å²) in [6, 6.07) is 6.46. The van der Waals surface area contributed by atoms with Crippen LogP contribution in [0.5, 0.6) is 0 Å². The summed E-state index contributed by atoms with van der Waals surface area (Å²) in [6.07, 6.45) is -2.90. The minimum absolute atomic E-state index is 0.0721. The van der Waals surface area contributed by atoms with E-state index in [0.717, 1.165) is 16.1 Å². The van der Waals surface area contributed by atoms with Gasteiger partial charge in [-0.3, -0.25) is 9.10 Å². The third kappa shape index (κ3) is 5.45. The van der Waals surface area contributed by atoms with Crippen molar-refractivity contribution in [3.8, 4) is 0 Å². The van der Waals surface area contributed by atoms with Crippen molar-refractivity contribution < 1.29 is 26.4 Å². The summed E-state index contributed by atoms with van der Waals surface area (Å²) in [5.74, 6) is -0.526. The Balaban J connectivity index is 1.62. The zero-order valence-electron chi connectivity index (χ0n) is 19.3. The monoisotopic (exact) mass is 522 g/mol. The highest BCUT2D eigenvalue weighted by atomic mass is 32.2. The number of hydrogen-bond donors (Lipinski definition) is 3. The molecule has 1 aliphatic heterocycles. The molecule has 3 N–H and O–H groups in total. The average molecular weight is 523 g/mol. The van der Waals surface area contributed by atoms with Crippen LogP contribution in [0.4, 0.5) is 42.1 Å². The quantitative estimate of drug-likeness (QED) is 0.427. The number of nitrogens with zero attached hydrogens (tertiary/aromatic N) is 5. The lowest BCUT2D eigenvalue weighted by molar-refractivity contribution is -0.137. The highest BCUT2D eigenvalue weighted by molar-refractivity contribution is 7.92. The first-order chi connectivity index (χ1) is 16.8. The average Bonchev–Trinajstić information content (AvgIpc) is 3.17. The van der Waals surface area contributed by atoms with Crippen molar-refractivity contribution in [2.75, 3.05) is 33.6 Å². The van der Waals surface area contributed by atoms with Crippen LogP contribution in [0.3, 0.4) is 0 Å². The minimum atomic E-state index is -4.74. The smallest absolute Gasteiger partial charge is 0.364 e. The molecule has 0 saturated carbocycles. The number of fused-ring (bicyclic) bond motifs is 1. The van der Waals surface area contributed by atoms with Crippen molar-refractivity contribution >= 4 is 44.9 Å². The molecule has 3 heterocycles. The fourth-order valence-corrected chi connectivity index (χ4v) is 3.90. The number of alkyl halides is 3. The topological polar surface area (TPSA) is 142 Å². The first-order valence-electron chi connectivity index (χ1n) is 10.5. The number of hydrogen-bond acceptors (Lipinski definition) is 9. The van der Waals surface area contributed by atoms with Crippen LogP contribution in [-0.4, -0.2) is 47.6 Å². The van der Waals surface area contributed by atoms with Crippen LogP contribution in [0.15, 0.2) is 30.5 Å². The van der Waals surface area contributed by atoms with Gasteiger partial charge in [0.15, 0.2) is 0 Å². The summed E-state index contributed by atoms with van der Waals surface area (Å²) in [6.45, 7) is 1.33. The van der Waals surface area contributed by atoms with E-state index in [1.54, 1.807) is 18.2 Å². The van der Waals surface area contributed by atoms with Crippen molar-refractivity contribution in [2.45, 2.75) is 26.1 Å². The van der Waals surface area contributed by atoms with Crippen molar-refractivity contribution in [3.05, 3.63) is 53.1 Å². The van der Waals surface area contributed by atoms with E-state index in [1.807, 2.05) is 0 Å². The largest absolute Gasteiger partial charge is 0.421 e. The van der Waals surface area contributed by atoms with Gasteiger partial charge in [-0.1, -0.05) is 12.1 Å². The molecule has 0 bridgehead atoms. The number of halogens is 3. The Labute approximate surface area is 204 Å². The van der Waals surface area contributed by atoms with Crippen LogP contribution in [-0.2, 0) is 34.0 Å². The second-order valence-electron chi connectivity index (χ2n) is 7.99. The highest BCUT2D eigenvalue weighted by Crippen LogP contribution is 2.36.